The number of hydrogen-bond acceptors (Lipinski definition) is 5. The van der Waals surface area contributed by atoms with Crippen LogP contribution in [0.1, 0.15) is 18.4 Å². The molecule has 29 heavy (non-hydrogen) atoms. The summed E-state index contributed by atoms with van der Waals surface area (Å²) in [5, 5.41) is 3.08. The molecule has 1 unspecified atom stereocenters. The number of aryl methyl sites for hydroxylation is 1. The standard InChI is InChI=1S/C22H24N4O3/c1-25-18-7-3-2-6-17(18)24-22(25)26-10-4-5-16(13-26)21(27)23-12-15-8-9-19-20(11-15)29-14-28-19/h2-3,6-9,11,16H,4-5,10,12-14H2,1H3,(H,23,27). The number of nitrogens with zero attached hydrogens (tertiary/aromatic N) is 3. The van der Waals surface area contributed by atoms with E-state index in [-0.39, 0.29) is 18.6 Å². The third-order valence-corrected chi connectivity index (χ3v) is 5.74. The zero-order chi connectivity index (χ0) is 19.8. The van der Waals surface area contributed by atoms with E-state index in [2.05, 4.69) is 20.9 Å². The van der Waals surface area contributed by atoms with Crippen molar-refractivity contribution in [2.75, 3.05) is 24.8 Å². The fraction of sp³-hybridized carbons (Fsp3) is 0.364. The fourth-order valence-electron chi connectivity index (χ4n) is 4.17. The van der Waals surface area contributed by atoms with Gasteiger partial charge in [0.2, 0.25) is 18.6 Å². The highest BCUT2D eigenvalue weighted by atomic mass is 16.7. The minimum absolute atomic E-state index is 0.0439. The summed E-state index contributed by atoms with van der Waals surface area (Å²) >= 11 is 0. The second-order valence-corrected chi connectivity index (χ2v) is 7.65. The molecule has 0 radical (unpaired) electrons. The van der Waals surface area contributed by atoms with Crippen LogP contribution in [-0.2, 0) is 18.4 Å². The highest BCUT2D eigenvalue weighted by Crippen LogP contribution is 2.32. The van der Waals surface area contributed by atoms with Gasteiger partial charge in [-0.15, -0.1) is 0 Å². The van der Waals surface area contributed by atoms with E-state index in [1.165, 1.54) is 0 Å². The molecule has 2 aromatic carbocycles. The Morgan fingerprint density at radius 3 is 2.97 bits per heavy atom. The maximum atomic E-state index is 12.8. The molecule has 1 atom stereocenters. The first kappa shape index (κ1) is 17.8. The normalized spacial score (nSPS) is 18.2. The maximum Gasteiger partial charge on any atom is 0.231 e. The van der Waals surface area contributed by atoms with Crippen LogP contribution in [0.25, 0.3) is 11.0 Å². The fourth-order valence-corrected chi connectivity index (χ4v) is 4.17. The van der Waals surface area contributed by atoms with Crippen molar-refractivity contribution in [2.45, 2.75) is 19.4 Å². The number of carbonyl (C=O) groups excluding carboxylic acids is 1. The summed E-state index contributed by atoms with van der Waals surface area (Å²) in [7, 11) is 2.04. The molecule has 5 rings (SSSR count). The minimum Gasteiger partial charge on any atom is -0.454 e. The average Bonchev–Trinajstić information content (AvgIpc) is 3.36. The largest absolute Gasteiger partial charge is 0.454 e. The van der Waals surface area contributed by atoms with E-state index in [1.54, 1.807) is 0 Å². The number of amides is 1. The molecule has 1 aromatic heterocycles. The number of imidazole rings is 1. The van der Waals surface area contributed by atoms with Crippen molar-refractivity contribution < 1.29 is 14.3 Å². The van der Waals surface area contributed by atoms with Gasteiger partial charge in [-0.2, -0.15) is 0 Å². The van der Waals surface area contributed by atoms with Crippen LogP contribution in [0, 0.1) is 5.92 Å². The molecular weight excluding hydrogens is 368 g/mol. The van der Waals surface area contributed by atoms with Gasteiger partial charge in [-0.1, -0.05) is 18.2 Å². The number of fused-ring (bicyclic) bond motifs is 2. The van der Waals surface area contributed by atoms with Crippen LogP contribution in [0.3, 0.4) is 0 Å². The van der Waals surface area contributed by atoms with Crippen molar-refractivity contribution in [3.63, 3.8) is 0 Å². The number of aromatic nitrogens is 2. The molecule has 1 saturated heterocycles. The molecule has 150 valence electrons. The van der Waals surface area contributed by atoms with Gasteiger partial charge in [-0.3, -0.25) is 4.79 Å². The summed E-state index contributed by atoms with van der Waals surface area (Å²) in [6.45, 7) is 2.34. The number of hydrogen-bond donors (Lipinski definition) is 1. The SMILES string of the molecule is Cn1c(N2CCCC(C(=O)NCc3ccc4c(c3)OCO4)C2)nc2ccccc21. The lowest BCUT2D eigenvalue weighted by molar-refractivity contribution is -0.125. The van der Waals surface area contributed by atoms with Crippen molar-refractivity contribution in [1.82, 2.24) is 14.9 Å². The summed E-state index contributed by atoms with van der Waals surface area (Å²) in [5.74, 6) is 2.47. The molecule has 1 N–H and O–H groups in total. The van der Waals surface area contributed by atoms with Crippen molar-refractivity contribution in [1.29, 1.82) is 0 Å². The lowest BCUT2D eigenvalue weighted by Crippen LogP contribution is -2.43. The molecule has 3 heterocycles. The Kier molecular flexibility index (Phi) is 4.50. The highest BCUT2D eigenvalue weighted by Gasteiger charge is 2.28. The number of ether oxygens (including phenoxy) is 2. The van der Waals surface area contributed by atoms with E-state index >= 15 is 0 Å². The Balaban J connectivity index is 1.25. The van der Waals surface area contributed by atoms with E-state index in [4.69, 9.17) is 14.5 Å². The first-order valence-electron chi connectivity index (χ1n) is 10.0. The summed E-state index contributed by atoms with van der Waals surface area (Å²) in [6.07, 6.45) is 1.87. The van der Waals surface area contributed by atoms with E-state index < -0.39 is 0 Å². The van der Waals surface area contributed by atoms with Gasteiger partial charge in [0, 0.05) is 26.7 Å². The summed E-state index contributed by atoms with van der Waals surface area (Å²) in [6, 6.07) is 13.9. The first-order chi connectivity index (χ1) is 14.2. The number of piperidine rings is 1. The summed E-state index contributed by atoms with van der Waals surface area (Å²) in [5.41, 5.74) is 3.10. The predicted octanol–water partition coefficient (Wildman–Crippen LogP) is 2.83. The van der Waals surface area contributed by atoms with Crippen molar-refractivity contribution >= 4 is 22.9 Å². The topological polar surface area (TPSA) is 68.6 Å². The van der Waals surface area contributed by atoms with Gasteiger partial charge in [-0.05, 0) is 42.7 Å². The smallest absolute Gasteiger partial charge is 0.231 e. The maximum absolute atomic E-state index is 12.8. The predicted molar refractivity (Wildman–Crippen MR) is 110 cm³/mol. The Morgan fingerprint density at radius 1 is 1.21 bits per heavy atom. The van der Waals surface area contributed by atoms with Gasteiger partial charge in [0.15, 0.2) is 11.5 Å². The van der Waals surface area contributed by atoms with Crippen LogP contribution in [0.4, 0.5) is 5.95 Å². The molecule has 2 aliphatic heterocycles. The average molecular weight is 392 g/mol. The number of benzene rings is 2. The Hall–Kier alpha value is -3.22. The van der Waals surface area contributed by atoms with Crippen molar-refractivity contribution in [2.24, 2.45) is 13.0 Å². The van der Waals surface area contributed by atoms with Crippen LogP contribution in [-0.4, -0.2) is 35.3 Å². The zero-order valence-corrected chi connectivity index (χ0v) is 16.4. The molecule has 1 amide bonds. The van der Waals surface area contributed by atoms with Crippen molar-refractivity contribution in [3.8, 4) is 11.5 Å². The number of anilines is 1. The van der Waals surface area contributed by atoms with E-state index in [0.29, 0.717) is 13.1 Å². The lowest BCUT2D eigenvalue weighted by Gasteiger charge is -2.32. The molecule has 7 nitrogen and oxygen atoms in total. The van der Waals surface area contributed by atoms with Gasteiger partial charge in [0.1, 0.15) is 0 Å². The molecule has 7 heteroatoms. The zero-order valence-electron chi connectivity index (χ0n) is 16.4. The molecule has 0 aliphatic carbocycles. The van der Waals surface area contributed by atoms with E-state index in [9.17, 15) is 4.79 Å². The molecule has 2 aliphatic rings. The Labute approximate surface area is 169 Å². The molecular formula is C22H24N4O3. The van der Waals surface area contributed by atoms with Crippen LogP contribution in [0.2, 0.25) is 0 Å². The summed E-state index contributed by atoms with van der Waals surface area (Å²) in [4.78, 5) is 19.8. The third kappa shape index (κ3) is 3.37. The monoisotopic (exact) mass is 392 g/mol. The molecule has 0 spiro atoms. The number of rotatable bonds is 4. The lowest BCUT2D eigenvalue weighted by atomic mass is 9.97. The van der Waals surface area contributed by atoms with Crippen LogP contribution >= 0.6 is 0 Å². The van der Waals surface area contributed by atoms with Crippen molar-refractivity contribution in [3.05, 3.63) is 48.0 Å². The van der Waals surface area contributed by atoms with Gasteiger partial charge in [0.05, 0.1) is 17.0 Å². The molecule has 0 bridgehead atoms. The van der Waals surface area contributed by atoms with E-state index in [1.807, 2.05) is 43.4 Å². The quantitative estimate of drug-likeness (QED) is 0.740. The Morgan fingerprint density at radius 2 is 2.07 bits per heavy atom. The second kappa shape index (κ2) is 7.31. The summed E-state index contributed by atoms with van der Waals surface area (Å²) < 4.78 is 12.9. The van der Waals surface area contributed by atoms with E-state index in [0.717, 1.165) is 53.4 Å². The van der Waals surface area contributed by atoms with Gasteiger partial charge >= 0.3 is 0 Å². The van der Waals surface area contributed by atoms with Crippen LogP contribution in [0.5, 0.6) is 11.5 Å². The first-order valence-corrected chi connectivity index (χ1v) is 10.0. The molecule has 0 saturated carbocycles. The Bertz CT molecular complexity index is 1060. The van der Waals surface area contributed by atoms with Crippen LogP contribution in [0.15, 0.2) is 42.5 Å². The minimum atomic E-state index is -0.0439. The number of carbonyl (C=O) groups is 1. The molecule has 3 aromatic rings. The van der Waals surface area contributed by atoms with Gasteiger partial charge in [0.25, 0.3) is 0 Å². The number of para-hydroxylation sites is 2. The number of nitrogens with one attached hydrogen (secondary N) is 1. The highest BCUT2D eigenvalue weighted by molar-refractivity contribution is 5.81. The van der Waals surface area contributed by atoms with Crippen LogP contribution < -0.4 is 19.7 Å². The second-order valence-electron chi connectivity index (χ2n) is 7.65. The van der Waals surface area contributed by atoms with Gasteiger partial charge < -0.3 is 24.3 Å². The third-order valence-electron chi connectivity index (χ3n) is 5.74. The van der Waals surface area contributed by atoms with Gasteiger partial charge in [-0.25, -0.2) is 4.98 Å². The molecule has 1 fully saturated rings.